The summed E-state index contributed by atoms with van der Waals surface area (Å²) in [5.41, 5.74) is 2.39. The van der Waals surface area contributed by atoms with Crippen LogP contribution >= 0.6 is 11.8 Å². The third-order valence-electron chi connectivity index (χ3n) is 6.61. The highest BCUT2D eigenvalue weighted by Gasteiger charge is 2.41. The first-order valence-corrected chi connectivity index (χ1v) is 12.1. The molecule has 2 aromatic rings. The first-order valence-electron chi connectivity index (χ1n) is 11.2. The number of thioether (sulfide) groups is 1. The number of fused-ring (bicyclic) bond motifs is 2. The van der Waals surface area contributed by atoms with Gasteiger partial charge in [0.15, 0.2) is 0 Å². The van der Waals surface area contributed by atoms with Crippen LogP contribution in [-0.4, -0.2) is 48.3 Å². The van der Waals surface area contributed by atoms with Crippen molar-refractivity contribution in [3.63, 3.8) is 0 Å². The molecule has 2 aliphatic heterocycles. The highest BCUT2D eigenvalue weighted by Crippen LogP contribution is 2.36. The van der Waals surface area contributed by atoms with E-state index in [-0.39, 0.29) is 35.6 Å². The van der Waals surface area contributed by atoms with Crippen LogP contribution in [0.2, 0.25) is 0 Å². The molecular weight excluding hydrogens is 440 g/mol. The van der Waals surface area contributed by atoms with Crippen molar-refractivity contribution in [2.45, 2.75) is 45.8 Å². The fourth-order valence-corrected chi connectivity index (χ4v) is 5.63. The first-order chi connectivity index (χ1) is 15.8. The van der Waals surface area contributed by atoms with Crippen molar-refractivity contribution in [2.75, 3.05) is 12.3 Å². The van der Waals surface area contributed by atoms with Gasteiger partial charge < -0.3 is 20.1 Å². The summed E-state index contributed by atoms with van der Waals surface area (Å²) in [6.07, 6.45) is -0.641. The predicted octanol–water partition coefficient (Wildman–Crippen LogP) is 3.17. The predicted molar refractivity (Wildman–Crippen MR) is 126 cm³/mol. The molecule has 1 fully saturated rings. The molecule has 7 nitrogen and oxygen atoms in total. The Hall–Kier alpha value is -2.68. The zero-order chi connectivity index (χ0) is 23.3. The van der Waals surface area contributed by atoms with Gasteiger partial charge in [0.25, 0.3) is 0 Å². The Morgan fingerprint density at radius 3 is 2.70 bits per heavy atom. The van der Waals surface area contributed by atoms with Gasteiger partial charge in [0, 0.05) is 42.8 Å². The largest absolute Gasteiger partial charge is 0.434 e. The summed E-state index contributed by atoms with van der Waals surface area (Å²) in [6, 6.07) is 9.53. The normalized spacial score (nSPS) is 26.8. The Morgan fingerprint density at radius 1 is 1.15 bits per heavy atom. The number of nitrogens with one attached hydrogen (secondary N) is 2. The van der Waals surface area contributed by atoms with Gasteiger partial charge in [-0.05, 0) is 41.5 Å². The number of benzene rings is 2. The lowest BCUT2D eigenvalue weighted by Gasteiger charge is -2.25. The molecule has 0 amide bonds. The second kappa shape index (κ2) is 8.59. The second-order valence-electron chi connectivity index (χ2n) is 8.80. The van der Waals surface area contributed by atoms with E-state index in [1.165, 1.54) is 18.7 Å². The van der Waals surface area contributed by atoms with Crippen LogP contribution in [0.4, 0.5) is 0 Å². The van der Waals surface area contributed by atoms with Crippen molar-refractivity contribution in [1.29, 1.82) is 0 Å². The van der Waals surface area contributed by atoms with Crippen molar-refractivity contribution in [1.82, 2.24) is 10.6 Å². The van der Waals surface area contributed by atoms with Gasteiger partial charge in [-0.1, -0.05) is 19.1 Å². The van der Waals surface area contributed by atoms with Gasteiger partial charge in [-0.15, -0.1) is 11.8 Å². The number of hydrogen-bond acceptors (Lipinski definition) is 8. The van der Waals surface area contributed by atoms with Crippen LogP contribution in [-0.2, 0) is 20.8 Å². The van der Waals surface area contributed by atoms with Crippen molar-refractivity contribution >= 4 is 40.1 Å². The van der Waals surface area contributed by atoms with Gasteiger partial charge in [0.2, 0.25) is 17.9 Å². The van der Waals surface area contributed by atoms with Gasteiger partial charge in [-0.2, -0.15) is 0 Å². The molecule has 0 bridgehead atoms. The number of esters is 1. The standard InChI is InChI=1S/C25H26N2O5S/c1-12-13(2)31-25(32-14(3)28)20(12)27-11-15-4-5-16-9-18-19(10-17(16)8-15)23(30)24-21(22(18)29)26-6-7-33-24/h4-5,8-10,12-13,20,25-27H,6-7,11H2,1-3H3. The average molecular weight is 467 g/mol. The number of carbonyl (C=O) groups excluding carboxylic acids is 3. The SMILES string of the molecule is CC(=O)OC1OC(C)C(C)C1NCc1ccc2cc3c(cc2c1)C(=O)C1=C(NCCS1)C3=O. The molecule has 0 saturated carbocycles. The lowest BCUT2D eigenvalue weighted by atomic mass is 9.89. The molecule has 33 heavy (non-hydrogen) atoms. The van der Waals surface area contributed by atoms with Crippen LogP contribution in [0.3, 0.4) is 0 Å². The molecule has 0 radical (unpaired) electrons. The average Bonchev–Trinajstić information content (AvgIpc) is 3.06. The molecule has 8 heteroatoms. The first kappa shape index (κ1) is 22.1. The summed E-state index contributed by atoms with van der Waals surface area (Å²) in [7, 11) is 0. The van der Waals surface area contributed by atoms with Crippen LogP contribution in [0.1, 0.15) is 47.1 Å². The third kappa shape index (κ3) is 3.96. The summed E-state index contributed by atoms with van der Waals surface area (Å²) in [5, 5.41) is 8.40. The minimum atomic E-state index is -0.618. The number of allylic oxidation sites excluding steroid dienone is 2. The van der Waals surface area contributed by atoms with Gasteiger partial charge in [0.05, 0.1) is 17.1 Å². The molecular formula is C25H26N2O5S. The van der Waals surface area contributed by atoms with Crippen LogP contribution < -0.4 is 10.6 Å². The van der Waals surface area contributed by atoms with Crippen LogP contribution in [0, 0.1) is 5.92 Å². The van der Waals surface area contributed by atoms with E-state index in [1.54, 1.807) is 0 Å². The minimum Gasteiger partial charge on any atom is -0.434 e. The number of hydrogen-bond donors (Lipinski definition) is 2. The van der Waals surface area contributed by atoms with Crippen molar-refractivity contribution < 1.29 is 23.9 Å². The highest BCUT2D eigenvalue weighted by atomic mass is 32.2. The van der Waals surface area contributed by atoms with Crippen LogP contribution in [0.5, 0.6) is 0 Å². The number of carbonyl (C=O) groups is 3. The molecule has 5 rings (SSSR count). The van der Waals surface area contributed by atoms with Gasteiger partial charge in [-0.3, -0.25) is 14.4 Å². The summed E-state index contributed by atoms with van der Waals surface area (Å²) in [5.74, 6) is 0.381. The quantitative estimate of drug-likeness (QED) is 0.664. The van der Waals surface area contributed by atoms with E-state index in [9.17, 15) is 14.4 Å². The second-order valence-corrected chi connectivity index (χ2v) is 9.91. The van der Waals surface area contributed by atoms with E-state index in [2.05, 4.69) is 17.6 Å². The summed E-state index contributed by atoms with van der Waals surface area (Å²) in [6.45, 7) is 6.66. The molecule has 0 spiro atoms. The molecule has 2 aromatic carbocycles. The molecule has 172 valence electrons. The molecule has 0 aromatic heterocycles. The number of ether oxygens (including phenoxy) is 2. The van der Waals surface area contributed by atoms with E-state index in [4.69, 9.17) is 9.47 Å². The van der Waals surface area contributed by atoms with Gasteiger partial charge in [-0.25, -0.2) is 0 Å². The zero-order valence-electron chi connectivity index (χ0n) is 18.8. The smallest absolute Gasteiger partial charge is 0.304 e. The molecule has 2 heterocycles. The molecule has 4 unspecified atom stereocenters. The topological polar surface area (TPSA) is 93.7 Å². The van der Waals surface area contributed by atoms with Crippen molar-refractivity contribution in [2.24, 2.45) is 5.92 Å². The summed E-state index contributed by atoms with van der Waals surface area (Å²) in [4.78, 5) is 38.0. The zero-order valence-corrected chi connectivity index (χ0v) is 19.6. The van der Waals surface area contributed by atoms with Crippen LogP contribution in [0.25, 0.3) is 10.8 Å². The lowest BCUT2D eigenvalue weighted by Crippen LogP contribution is -2.42. The molecule has 1 aliphatic carbocycles. The fraction of sp³-hybridized carbons (Fsp3) is 0.400. The number of ketones is 2. The lowest BCUT2D eigenvalue weighted by molar-refractivity contribution is -0.174. The maximum atomic E-state index is 13.1. The van der Waals surface area contributed by atoms with Crippen LogP contribution in [0.15, 0.2) is 40.9 Å². The fourth-order valence-electron chi connectivity index (χ4n) is 4.68. The Kier molecular flexibility index (Phi) is 5.76. The van der Waals surface area contributed by atoms with Gasteiger partial charge in [0.1, 0.15) is 5.70 Å². The summed E-state index contributed by atoms with van der Waals surface area (Å²) >= 11 is 1.45. The summed E-state index contributed by atoms with van der Waals surface area (Å²) < 4.78 is 11.1. The number of Topliss-reactive ketones (excluding diaryl/α,β-unsaturated/α-hetero) is 2. The van der Waals surface area contributed by atoms with Crippen molar-refractivity contribution in [3.8, 4) is 0 Å². The maximum absolute atomic E-state index is 13.1. The van der Waals surface area contributed by atoms with E-state index in [1.807, 2.05) is 37.3 Å². The van der Waals surface area contributed by atoms with E-state index < -0.39 is 6.29 Å². The highest BCUT2D eigenvalue weighted by molar-refractivity contribution is 8.04. The number of rotatable bonds is 4. The molecule has 1 saturated heterocycles. The monoisotopic (exact) mass is 466 g/mol. The van der Waals surface area contributed by atoms with Crippen molar-refractivity contribution in [3.05, 3.63) is 57.6 Å². The maximum Gasteiger partial charge on any atom is 0.304 e. The Balaban J connectivity index is 1.40. The minimum absolute atomic E-state index is 0.0233. The van der Waals surface area contributed by atoms with E-state index >= 15 is 0 Å². The van der Waals surface area contributed by atoms with E-state index in [0.717, 1.165) is 22.1 Å². The molecule has 3 aliphatic rings. The Labute approximate surface area is 196 Å². The molecule has 4 atom stereocenters. The third-order valence-corrected chi connectivity index (χ3v) is 7.70. The molecule has 2 N–H and O–H groups in total. The van der Waals surface area contributed by atoms with Gasteiger partial charge >= 0.3 is 5.97 Å². The van der Waals surface area contributed by atoms with E-state index in [0.29, 0.717) is 34.8 Å². The Morgan fingerprint density at radius 2 is 1.91 bits per heavy atom. The Bertz CT molecular complexity index is 1210.